The molecule has 7 heteroatoms. The number of fused-ring (bicyclic) bond motifs is 2. The van der Waals surface area contributed by atoms with Gasteiger partial charge < -0.3 is 11.1 Å². The summed E-state index contributed by atoms with van der Waals surface area (Å²) >= 11 is 0. The van der Waals surface area contributed by atoms with Gasteiger partial charge in [0, 0.05) is 17.4 Å². The van der Waals surface area contributed by atoms with Gasteiger partial charge in [0.1, 0.15) is 5.69 Å². The fraction of sp³-hybridized carbons (Fsp3) is 0.0667. The Morgan fingerprint density at radius 3 is 2.95 bits per heavy atom. The molecule has 0 saturated heterocycles. The average molecular weight is 293 g/mol. The molecule has 3 N–H and O–H groups in total. The molecular formula is C15H11N5O2. The number of hydrogen-bond acceptors (Lipinski definition) is 4. The van der Waals surface area contributed by atoms with Crippen LogP contribution in [0, 0.1) is 0 Å². The molecule has 0 radical (unpaired) electrons. The van der Waals surface area contributed by atoms with Gasteiger partial charge in [0.15, 0.2) is 5.65 Å². The molecule has 2 aromatic heterocycles. The van der Waals surface area contributed by atoms with E-state index in [0.29, 0.717) is 12.1 Å². The molecule has 7 nitrogen and oxygen atoms in total. The van der Waals surface area contributed by atoms with Crippen LogP contribution in [0.25, 0.3) is 16.9 Å². The summed E-state index contributed by atoms with van der Waals surface area (Å²) in [6.07, 6.45) is 5.14. The van der Waals surface area contributed by atoms with Crippen molar-refractivity contribution >= 4 is 23.1 Å². The topological polar surface area (TPSA) is 102 Å². The van der Waals surface area contributed by atoms with Gasteiger partial charge in [0.25, 0.3) is 5.91 Å². The van der Waals surface area contributed by atoms with E-state index in [1.54, 1.807) is 16.8 Å². The minimum atomic E-state index is -0.592. The van der Waals surface area contributed by atoms with Gasteiger partial charge in [-0.3, -0.25) is 14.0 Å². The quantitative estimate of drug-likeness (QED) is 0.735. The van der Waals surface area contributed by atoms with E-state index < -0.39 is 5.91 Å². The normalized spacial score (nSPS) is 13.2. The molecule has 0 saturated carbocycles. The third-order valence-corrected chi connectivity index (χ3v) is 3.67. The van der Waals surface area contributed by atoms with E-state index in [9.17, 15) is 9.59 Å². The number of benzene rings is 1. The van der Waals surface area contributed by atoms with Crippen LogP contribution in [-0.4, -0.2) is 26.2 Å². The SMILES string of the molecule is NC(=O)c1cn2c(-c3ccc4c(c3)CC(=O)N4)cnc2cn1. The van der Waals surface area contributed by atoms with Crippen LogP contribution in [0.1, 0.15) is 16.1 Å². The van der Waals surface area contributed by atoms with Crippen molar-refractivity contribution < 1.29 is 9.59 Å². The zero-order chi connectivity index (χ0) is 15.3. The Labute approximate surface area is 124 Å². The molecule has 0 aliphatic carbocycles. The number of nitrogens with zero attached hydrogens (tertiary/aromatic N) is 3. The summed E-state index contributed by atoms with van der Waals surface area (Å²) in [5.41, 5.74) is 9.56. The highest BCUT2D eigenvalue weighted by atomic mass is 16.2. The Balaban J connectivity index is 1.88. The molecule has 1 aliphatic heterocycles. The molecule has 0 unspecified atom stereocenters. The Hall–Kier alpha value is -3.22. The average Bonchev–Trinajstić information content (AvgIpc) is 3.07. The Kier molecular flexibility index (Phi) is 2.50. The van der Waals surface area contributed by atoms with E-state index >= 15 is 0 Å². The number of nitrogens with two attached hydrogens (primary N) is 1. The number of aromatic nitrogens is 3. The lowest BCUT2D eigenvalue weighted by molar-refractivity contribution is -0.115. The highest BCUT2D eigenvalue weighted by Gasteiger charge is 2.18. The summed E-state index contributed by atoms with van der Waals surface area (Å²) in [6, 6.07) is 5.71. The van der Waals surface area contributed by atoms with Crippen molar-refractivity contribution in [2.24, 2.45) is 5.73 Å². The number of rotatable bonds is 2. The molecule has 3 aromatic rings. The van der Waals surface area contributed by atoms with E-state index in [2.05, 4.69) is 15.3 Å². The van der Waals surface area contributed by atoms with Gasteiger partial charge >= 0.3 is 0 Å². The first-order chi connectivity index (χ1) is 10.6. The molecule has 1 aromatic carbocycles. The van der Waals surface area contributed by atoms with Gasteiger partial charge in [-0.05, 0) is 17.7 Å². The summed E-state index contributed by atoms with van der Waals surface area (Å²) in [4.78, 5) is 31.0. The molecule has 0 atom stereocenters. The first-order valence-corrected chi connectivity index (χ1v) is 6.68. The first kappa shape index (κ1) is 12.5. The maximum absolute atomic E-state index is 11.4. The van der Waals surface area contributed by atoms with Crippen LogP contribution in [-0.2, 0) is 11.2 Å². The number of imidazole rings is 1. The molecular weight excluding hydrogens is 282 g/mol. The Bertz CT molecular complexity index is 944. The van der Waals surface area contributed by atoms with Gasteiger partial charge in [-0.15, -0.1) is 0 Å². The minimum Gasteiger partial charge on any atom is -0.364 e. The van der Waals surface area contributed by atoms with Crippen molar-refractivity contribution in [3.63, 3.8) is 0 Å². The predicted molar refractivity (Wildman–Crippen MR) is 79.3 cm³/mol. The summed E-state index contributed by atoms with van der Waals surface area (Å²) < 4.78 is 1.76. The highest BCUT2D eigenvalue weighted by Crippen LogP contribution is 2.29. The summed E-state index contributed by atoms with van der Waals surface area (Å²) in [6.45, 7) is 0. The van der Waals surface area contributed by atoms with Gasteiger partial charge in [-0.25, -0.2) is 9.97 Å². The van der Waals surface area contributed by atoms with Crippen LogP contribution in [0.3, 0.4) is 0 Å². The van der Waals surface area contributed by atoms with Crippen molar-refractivity contribution in [1.29, 1.82) is 0 Å². The fourth-order valence-corrected chi connectivity index (χ4v) is 2.62. The van der Waals surface area contributed by atoms with Crippen molar-refractivity contribution in [3.05, 3.63) is 48.0 Å². The van der Waals surface area contributed by atoms with Gasteiger partial charge in [0.2, 0.25) is 5.91 Å². The maximum atomic E-state index is 11.4. The second kappa shape index (κ2) is 4.39. The Morgan fingerprint density at radius 1 is 1.27 bits per heavy atom. The Morgan fingerprint density at radius 2 is 2.14 bits per heavy atom. The van der Waals surface area contributed by atoms with Crippen molar-refractivity contribution in [1.82, 2.24) is 14.4 Å². The lowest BCUT2D eigenvalue weighted by Crippen LogP contribution is -2.13. The monoisotopic (exact) mass is 293 g/mol. The summed E-state index contributed by atoms with van der Waals surface area (Å²) in [5.74, 6) is -0.601. The number of nitrogens with one attached hydrogen (secondary N) is 1. The highest BCUT2D eigenvalue weighted by molar-refractivity contribution is 5.99. The lowest BCUT2D eigenvalue weighted by atomic mass is 10.1. The van der Waals surface area contributed by atoms with Gasteiger partial charge in [-0.2, -0.15) is 0 Å². The number of primary amides is 1. The first-order valence-electron chi connectivity index (χ1n) is 6.68. The molecule has 4 rings (SSSR count). The second-order valence-electron chi connectivity index (χ2n) is 5.11. The van der Waals surface area contributed by atoms with Gasteiger partial charge in [-0.1, -0.05) is 6.07 Å². The van der Waals surface area contributed by atoms with E-state index in [1.165, 1.54) is 6.20 Å². The molecule has 3 heterocycles. The largest absolute Gasteiger partial charge is 0.364 e. The number of carbonyl (C=O) groups excluding carboxylic acids is 2. The van der Waals surface area contributed by atoms with Crippen LogP contribution in [0.2, 0.25) is 0 Å². The lowest BCUT2D eigenvalue weighted by Gasteiger charge is -2.05. The zero-order valence-corrected chi connectivity index (χ0v) is 11.4. The molecule has 1 aliphatic rings. The van der Waals surface area contributed by atoms with Crippen LogP contribution in [0.5, 0.6) is 0 Å². The number of anilines is 1. The van der Waals surface area contributed by atoms with Crippen molar-refractivity contribution in [2.75, 3.05) is 5.32 Å². The number of amides is 2. The molecule has 0 bridgehead atoms. The minimum absolute atomic E-state index is 0.00879. The predicted octanol–water partition coefficient (Wildman–Crippen LogP) is 0.990. The third kappa shape index (κ3) is 1.83. The number of hydrogen-bond donors (Lipinski definition) is 2. The molecule has 108 valence electrons. The van der Waals surface area contributed by atoms with E-state index in [-0.39, 0.29) is 11.6 Å². The molecule has 22 heavy (non-hydrogen) atoms. The molecule has 0 spiro atoms. The van der Waals surface area contributed by atoms with Crippen LogP contribution < -0.4 is 11.1 Å². The molecule has 2 amide bonds. The van der Waals surface area contributed by atoms with Crippen LogP contribution in [0.15, 0.2) is 36.8 Å². The number of carbonyl (C=O) groups is 2. The molecule has 0 fully saturated rings. The smallest absolute Gasteiger partial charge is 0.268 e. The summed E-state index contributed by atoms with van der Waals surface area (Å²) in [7, 11) is 0. The van der Waals surface area contributed by atoms with Crippen molar-refractivity contribution in [3.8, 4) is 11.3 Å². The maximum Gasteiger partial charge on any atom is 0.268 e. The second-order valence-corrected chi connectivity index (χ2v) is 5.11. The zero-order valence-electron chi connectivity index (χ0n) is 11.4. The van der Waals surface area contributed by atoms with Gasteiger partial charge in [0.05, 0.1) is 24.5 Å². The van der Waals surface area contributed by atoms with Crippen LogP contribution in [0.4, 0.5) is 5.69 Å². The standard InChI is InChI=1S/C15H11N5O2/c16-15(22)11-7-20-12(5-18-13(20)6-17-11)8-1-2-10-9(3-8)4-14(21)19-10/h1-3,5-7H,4H2,(H2,16,22)(H,19,21). The van der Waals surface area contributed by atoms with Crippen molar-refractivity contribution in [2.45, 2.75) is 6.42 Å². The third-order valence-electron chi connectivity index (χ3n) is 3.67. The summed E-state index contributed by atoms with van der Waals surface area (Å²) in [5, 5.41) is 2.80. The fourth-order valence-electron chi connectivity index (χ4n) is 2.62. The van der Waals surface area contributed by atoms with E-state index in [0.717, 1.165) is 22.5 Å². The van der Waals surface area contributed by atoms with Crippen LogP contribution >= 0.6 is 0 Å². The van der Waals surface area contributed by atoms with E-state index in [4.69, 9.17) is 5.73 Å². The van der Waals surface area contributed by atoms with E-state index in [1.807, 2.05) is 18.2 Å².